The number of hydrogen-bond donors (Lipinski definition) is 3. The van der Waals surface area contributed by atoms with Crippen molar-refractivity contribution in [3.63, 3.8) is 0 Å². The van der Waals surface area contributed by atoms with E-state index in [9.17, 15) is 18.0 Å². The summed E-state index contributed by atoms with van der Waals surface area (Å²) in [6.45, 7) is 0.240. The third-order valence-electron chi connectivity index (χ3n) is 4.86. The van der Waals surface area contributed by atoms with E-state index in [2.05, 4.69) is 10.3 Å². The van der Waals surface area contributed by atoms with E-state index < -0.39 is 17.6 Å². The first-order chi connectivity index (χ1) is 14.8. The number of aromatic nitrogens is 1. The first kappa shape index (κ1) is 22.1. The number of nitrogens with zero attached hydrogens (tertiary/aromatic N) is 2. The van der Waals surface area contributed by atoms with Gasteiger partial charge in [0.1, 0.15) is 5.82 Å². The lowest BCUT2D eigenvalue weighted by atomic mass is 10.0. The molecule has 1 aliphatic rings. The summed E-state index contributed by atoms with van der Waals surface area (Å²) in [6.07, 6.45) is 7.27. The second kappa shape index (κ2) is 9.46. The molecule has 3 rings (SSSR count). The topological polar surface area (TPSA) is 95.1 Å². The molecule has 1 aromatic carbocycles. The molecule has 162 valence electrons. The van der Waals surface area contributed by atoms with Gasteiger partial charge in [0.25, 0.3) is 5.92 Å². The normalized spacial score (nSPS) is 16.4. The Balaban J connectivity index is 1.69. The highest BCUT2D eigenvalue weighted by Crippen LogP contribution is 2.30. The average Bonchev–Trinajstić information content (AvgIpc) is 2.74. The highest BCUT2D eigenvalue weighted by atomic mass is 19.3. The Labute approximate surface area is 177 Å². The van der Waals surface area contributed by atoms with Crippen molar-refractivity contribution in [2.24, 2.45) is 5.73 Å². The molecule has 1 aromatic heterocycles. The second-order valence-corrected chi connectivity index (χ2v) is 7.10. The van der Waals surface area contributed by atoms with Gasteiger partial charge in [-0.25, -0.2) is 13.2 Å². The summed E-state index contributed by atoms with van der Waals surface area (Å²) in [4.78, 5) is 17.6. The maximum atomic E-state index is 14.1. The number of allylic oxidation sites excluding steroid dienone is 1. The fourth-order valence-electron chi connectivity index (χ4n) is 3.38. The molecule has 0 unspecified atom stereocenters. The molecule has 0 saturated carbocycles. The van der Waals surface area contributed by atoms with Crippen molar-refractivity contribution in [1.82, 2.24) is 4.98 Å². The molecule has 0 bridgehead atoms. The molecule has 4 N–H and O–H groups in total. The molecule has 1 saturated heterocycles. The molecule has 6 nitrogen and oxygen atoms in total. The molecule has 9 heteroatoms. The van der Waals surface area contributed by atoms with E-state index in [0.717, 1.165) is 18.6 Å². The van der Waals surface area contributed by atoms with Gasteiger partial charge in [-0.1, -0.05) is 0 Å². The molecule has 1 aliphatic heterocycles. The summed E-state index contributed by atoms with van der Waals surface area (Å²) < 4.78 is 41.4. The summed E-state index contributed by atoms with van der Waals surface area (Å²) in [6, 6.07) is 6.62. The number of rotatable bonds is 6. The molecule has 1 amide bonds. The van der Waals surface area contributed by atoms with Gasteiger partial charge >= 0.3 is 0 Å². The van der Waals surface area contributed by atoms with Gasteiger partial charge in [-0.05, 0) is 36.8 Å². The molecular formula is C22H22F3N5O. The predicted octanol–water partition coefficient (Wildman–Crippen LogP) is 4.06. The highest BCUT2D eigenvalue weighted by molar-refractivity contribution is 6.10. The van der Waals surface area contributed by atoms with Crippen LogP contribution in [0.25, 0.3) is 11.6 Å². The van der Waals surface area contributed by atoms with Crippen LogP contribution in [0.15, 0.2) is 48.9 Å². The van der Waals surface area contributed by atoms with Crippen LogP contribution in [0.5, 0.6) is 0 Å². The summed E-state index contributed by atoms with van der Waals surface area (Å²) in [5, 5.41) is 10.0. The number of hydrogen-bond acceptors (Lipinski definition) is 5. The van der Waals surface area contributed by atoms with Gasteiger partial charge in [0.05, 0.1) is 12.7 Å². The largest absolute Gasteiger partial charge is 0.404 e. The van der Waals surface area contributed by atoms with Crippen molar-refractivity contribution in [3.8, 4) is 0 Å². The highest BCUT2D eigenvalue weighted by Gasteiger charge is 2.35. The van der Waals surface area contributed by atoms with Gasteiger partial charge < -0.3 is 21.4 Å². The van der Waals surface area contributed by atoms with E-state index in [4.69, 9.17) is 11.1 Å². The van der Waals surface area contributed by atoms with Crippen LogP contribution in [0.1, 0.15) is 24.0 Å². The van der Waals surface area contributed by atoms with Crippen molar-refractivity contribution >= 4 is 35.1 Å². The van der Waals surface area contributed by atoms with Crippen LogP contribution in [0.4, 0.5) is 24.5 Å². The molecule has 0 atom stereocenters. The van der Waals surface area contributed by atoms with E-state index >= 15 is 0 Å². The maximum absolute atomic E-state index is 14.1. The van der Waals surface area contributed by atoms with Gasteiger partial charge in [-0.3, -0.25) is 9.78 Å². The van der Waals surface area contributed by atoms with Crippen LogP contribution in [0.2, 0.25) is 0 Å². The van der Waals surface area contributed by atoms with Crippen molar-refractivity contribution in [2.45, 2.75) is 18.8 Å². The van der Waals surface area contributed by atoms with E-state index in [1.165, 1.54) is 18.3 Å². The van der Waals surface area contributed by atoms with Gasteiger partial charge in [0.2, 0.25) is 5.91 Å². The van der Waals surface area contributed by atoms with E-state index in [0.29, 0.717) is 24.3 Å². The Bertz CT molecular complexity index is 1020. The smallest absolute Gasteiger partial charge is 0.265 e. The minimum absolute atomic E-state index is 0.0687. The maximum Gasteiger partial charge on any atom is 0.265 e. The summed E-state index contributed by atoms with van der Waals surface area (Å²) in [5.74, 6) is -3.83. The fraction of sp³-hybridized carbons (Fsp3) is 0.227. The number of piperidine rings is 1. The van der Waals surface area contributed by atoms with Gasteiger partial charge in [0.15, 0.2) is 0 Å². The molecule has 1 fully saturated rings. The van der Waals surface area contributed by atoms with Crippen LogP contribution in [-0.4, -0.2) is 36.1 Å². The number of alkyl halides is 2. The zero-order valence-electron chi connectivity index (χ0n) is 16.6. The first-order valence-corrected chi connectivity index (χ1v) is 9.61. The van der Waals surface area contributed by atoms with Gasteiger partial charge in [-0.15, -0.1) is 0 Å². The SMILES string of the molecule is N=C/C(=C\N)c1c(F)cncc1/C=C/C(=O)Nc1ccc(N2CCCC(F)(F)C2)cc1. The summed E-state index contributed by atoms with van der Waals surface area (Å²) in [5.41, 5.74) is 7.10. The molecular weight excluding hydrogens is 407 g/mol. The Morgan fingerprint density at radius 1 is 1.26 bits per heavy atom. The molecule has 0 radical (unpaired) electrons. The van der Waals surface area contributed by atoms with Crippen molar-refractivity contribution in [3.05, 3.63) is 65.9 Å². The number of anilines is 2. The van der Waals surface area contributed by atoms with Gasteiger partial charge in [0, 0.05) is 65.7 Å². The first-order valence-electron chi connectivity index (χ1n) is 9.61. The standard InChI is InChI=1S/C22H22F3N5O/c23-19-13-28-12-15(21(19)16(10-26)11-27)2-7-20(31)29-17-3-5-18(6-4-17)30-9-1-8-22(24,25)14-30/h2-7,10-13,26H,1,8-9,14,27H2,(H,29,31)/b7-2+,16-11+,26-10?. The van der Waals surface area contributed by atoms with Crippen molar-refractivity contribution in [2.75, 3.05) is 23.3 Å². The Morgan fingerprint density at radius 2 is 2.00 bits per heavy atom. The van der Waals surface area contributed by atoms with E-state index in [1.54, 1.807) is 29.2 Å². The monoisotopic (exact) mass is 429 g/mol. The van der Waals surface area contributed by atoms with Crippen LogP contribution in [0, 0.1) is 11.2 Å². The van der Waals surface area contributed by atoms with Crippen molar-refractivity contribution < 1.29 is 18.0 Å². The number of halogens is 3. The number of benzene rings is 1. The number of carbonyl (C=O) groups is 1. The number of pyridine rings is 1. The Kier molecular flexibility index (Phi) is 6.74. The van der Waals surface area contributed by atoms with Gasteiger partial charge in [-0.2, -0.15) is 0 Å². The third-order valence-corrected chi connectivity index (χ3v) is 4.86. The quantitative estimate of drug-likeness (QED) is 0.477. The van der Waals surface area contributed by atoms with E-state index in [1.807, 2.05) is 0 Å². The van der Waals surface area contributed by atoms with Crippen LogP contribution >= 0.6 is 0 Å². The Hall–Kier alpha value is -3.62. The lowest BCUT2D eigenvalue weighted by Gasteiger charge is -2.34. The number of nitrogens with one attached hydrogen (secondary N) is 2. The van der Waals surface area contributed by atoms with Crippen LogP contribution in [-0.2, 0) is 4.79 Å². The summed E-state index contributed by atoms with van der Waals surface area (Å²) in [7, 11) is 0. The minimum atomic E-state index is -2.70. The van der Waals surface area contributed by atoms with Crippen LogP contribution in [0.3, 0.4) is 0 Å². The average molecular weight is 429 g/mol. The molecule has 0 aliphatic carbocycles. The number of amides is 1. The zero-order chi connectivity index (χ0) is 22.4. The third kappa shape index (κ3) is 5.50. The van der Waals surface area contributed by atoms with E-state index in [-0.39, 0.29) is 29.7 Å². The molecule has 2 heterocycles. The molecule has 31 heavy (non-hydrogen) atoms. The zero-order valence-corrected chi connectivity index (χ0v) is 16.6. The number of nitrogens with two attached hydrogens (primary N) is 1. The minimum Gasteiger partial charge on any atom is -0.404 e. The van der Waals surface area contributed by atoms with Crippen molar-refractivity contribution in [1.29, 1.82) is 5.41 Å². The van der Waals surface area contributed by atoms with Crippen LogP contribution < -0.4 is 16.0 Å². The molecule has 2 aromatic rings. The molecule has 0 spiro atoms. The lowest BCUT2D eigenvalue weighted by Crippen LogP contribution is -2.42. The Morgan fingerprint density at radius 3 is 2.65 bits per heavy atom. The summed E-state index contributed by atoms with van der Waals surface area (Å²) >= 11 is 0. The fourth-order valence-corrected chi connectivity index (χ4v) is 3.38. The second-order valence-electron chi connectivity index (χ2n) is 7.10. The number of carbonyl (C=O) groups excluding carboxylic acids is 1. The predicted molar refractivity (Wildman–Crippen MR) is 116 cm³/mol. The lowest BCUT2D eigenvalue weighted by molar-refractivity contribution is -0.111.